The highest BCUT2D eigenvalue weighted by molar-refractivity contribution is 7.47. The summed E-state index contributed by atoms with van der Waals surface area (Å²) in [5.74, 6) is -1.14. The van der Waals surface area contributed by atoms with Crippen LogP contribution in [0.2, 0.25) is 0 Å². The van der Waals surface area contributed by atoms with Crippen LogP contribution in [0.1, 0.15) is 226 Å². The molecule has 1 saturated carbocycles. The van der Waals surface area contributed by atoms with Gasteiger partial charge in [-0.3, -0.25) is 18.6 Å². The zero-order valence-corrected chi connectivity index (χ0v) is 42.1. The van der Waals surface area contributed by atoms with Crippen LogP contribution in [0.5, 0.6) is 0 Å². The summed E-state index contributed by atoms with van der Waals surface area (Å²) in [5, 5.41) is 50.3. The maximum Gasteiger partial charge on any atom is 0.472 e. The minimum absolute atomic E-state index is 0.0922. The molecule has 0 aliphatic heterocycles. The predicted octanol–water partition coefficient (Wildman–Crippen LogP) is 11.3. The van der Waals surface area contributed by atoms with Crippen molar-refractivity contribution in [3.05, 3.63) is 36.5 Å². The fourth-order valence-electron chi connectivity index (χ4n) is 8.00. The number of phosphoric acid groups is 1. The Morgan fingerprint density at radius 3 is 1.27 bits per heavy atom. The maximum absolute atomic E-state index is 12.8. The standard InChI is InChI=1S/C52H95O13P/c1-3-5-7-9-11-13-15-17-19-20-21-22-23-24-25-27-29-31-33-35-37-39-41-46(54)64-44(43-63-66(60,61)65-52-50(58)48(56)47(55)49(57)51(52)59)42-62-45(53)40-38-36-34-32-30-28-26-18-16-14-12-10-8-6-4-2/h12,14,18,26,30,32,44,47-52,55-59H,3-11,13,15-17,19-25,27-29,31,33-43H2,1-2H3,(H,60,61)/b14-12+,26-18+,32-30+/t44-,47?,48-,49?,50?,51?,52?/m1/s1. The van der Waals surface area contributed by atoms with Crippen LogP contribution in [-0.4, -0.2) is 98.3 Å². The SMILES string of the molecule is CCCCC/C=C/C/C=C/C/C=C/CCCCC(=O)OC[C@H](COP(=O)(O)OC1C(O)C(O)C(O)[C@@H](O)C1O)OC(=O)CCCCCCCCCCCCCCCCCCCCCCCC. The second-order valence-corrected chi connectivity index (χ2v) is 19.8. The number of unbranched alkanes of at least 4 members (excludes halogenated alkanes) is 26. The molecule has 6 N–H and O–H groups in total. The molecule has 1 aliphatic carbocycles. The van der Waals surface area contributed by atoms with Gasteiger partial charge in [0.2, 0.25) is 0 Å². The number of phosphoric ester groups is 1. The van der Waals surface area contributed by atoms with E-state index in [1.54, 1.807) is 0 Å². The molecule has 0 aromatic heterocycles. The summed E-state index contributed by atoms with van der Waals surface area (Å²) in [7, 11) is -5.13. The topological polar surface area (TPSA) is 210 Å². The molecule has 0 amide bonds. The van der Waals surface area contributed by atoms with Crippen LogP contribution in [-0.2, 0) is 32.7 Å². The number of allylic oxidation sites excluding steroid dienone is 6. The molecule has 0 aromatic rings. The molecule has 0 saturated heterocycles. The number of ether oxygens (including phenoxy) is 2. The Kier molecular flexibility index (Phi) is 39.5. The number of carbonyl (C=O) groups excluding carboxylic acids is 2. The van der Waals surface area contributed by atoms with Gasteiger partial charge in [-0.05, 0) is 51.4 Å². The van der Waals surface area contributed by atoms with Crippen molar-refractivity contribution >= 4 is 19.8 Å². The van der Waals surface area contributed by atoms with E-state index in [0.29, 0.717) is 12.8 Å². The van der Waals surface area contributed by atoms with E-state index in [9.17, 15) is 44.6 Å². The third kappa shape index (κ3) is 33.5. The van der Waals surface area contributed by atoms with E-state index < -0.39 is 75.7 Å². The van der Waals surface area contributed by atoms with Crippen LogP contribution in [0.3, 0.4) is 0 Å². The number of hydrogen-bond donors (Lipinski definition) is 6. The van der Waals surface area contributed by atoms with E-state index in [4.69, 9.17) is 18.5 Å². The van der Waals surface area contributed by atoms with Gasteiger partial charge >= 0.3 is 19.8 Å². The van der Waals surface area contributed by atoms with Crippen LogP contribution >= 0.6 is 7.82 Å². The number of rotatable bonds is 44. The molecule has 0 spiro atoms. The van der Waals surface area contributed by atoms with Gasteiger partial charge in [0.25, 0.3) is 0 Å². The van der Waals surface area contributed by atoms with Crippen LogP contribution in [0.4, 0.5) is 0 Å². The van der Waals surface area contributed by atoms with Gasteiger partial charge in [-0.25, -0.2) is 4.57 Å². The van der Waals surface area contributed by atoms with E-state index in [1.165, 1.54) is 128 Å². The van der Waals surface area contributed by atoms with Gasteiger partial charge in [0.05, 0.1) is 6.61 Å². The highest BCUT2D eigenvalue weighted by atomic mass is 31.2. The smallest absolute Gasteiger partial charge is 0.462 e. The molecule has 66 heavy (non-hydrogen) atoms. The van der Waals surface area contributed by atoms with Crippen molar-refractivity contribution in [2.45, 2.75) is 268 Å². The molecule has 13 nitrogen and oxygen atoms in total. The van der Waals surface area contributed by atoms with Gasteiger partial charge in [0.15, 0.2) is 6.10 Å². The van der Waals surface area contributed by atoms with Gasteiger partial charge in [-0.1, -0.05) is 198 Å². The average Bonchev–Trinajstić information content (AvgIpc) is 3.30. The summed E-state index contributed by atoms with van der Waals surface area (Å²) >= 11 is 0. The van der Waals surface area contributed by atoms with E-state index in [1.807, 2.05) is 0 Å². The van der Waals surface area contributed by atoms with Crippen molar-refractivity contribution in [1.29, 1.82) is 0 Å². The van der Waals surface area contributed by atoms with Crippen LogP contribution in [0.25, 0.3) is 0 Å². The molecule has 6 unspecified atom stereocenters. The van der Waals surface area contributed by atoms with Crippen LogP contribution in [0.15, 0.2) is 36.5 Å². The second kappa shape index (κ2) is 42.0. The van der Waals surface area contributed by atoms with Gasteiger partial charge in [-0.2, -0.15) is 0 Å². The molecule has 386 valence electrons. The minimum atomic E-state index is -5.13. The van der Waals surface area contributed by atoms with Crippen molar-refractivity contribution in [3.63, 3.8) is 0 Å². The number of aliphatic hydroxyl groups excluding tert-OH is 5. The molecule has 1 rings (SSSR count). The van der Waals surface area contributed by atoms with Gasteiger partial charge in [0, 0.05) is 12.8 Å². The van der Waals surface area contributed by atoms with Gasteiger partial charge in [-0.15, -0.1) is 0 Å². The molecule has 8 atom stereocenters. The van der Waals surface area contributed by atoms with Crippen molar-refractivity contribution in [2.24, 2.45) is 0 Å². The number of carbonyl (C=O) groups is 2. The van der Waals surface area contributed by atoms with Crippen LogP contribution < -0.4 is 0 Å². The van der Waals surface area contributed by atoms with E-state index in [-0.39, 0.29) is 12.8 Å². The molecule has 0 radical (unpaired) electrons. The number of esters is 2. The summed E-state index contributed by atoms with van der Waals surface area (Å²) in [4.78, 5) is 35.8. The Bertz CT molecular complexity index is 1290. The van der Waals surface area contributed by atoms with E-state index in [0.717, 1.165) is 57.8 Å². The van der Waals surface area contributed by atoms with E-state index >= 15 is 0 Å². The highest BCUT2D eigenvalue weighted by Gasteiger charge is 2.51. The second-order valence-electron chi connectivity index (χ2n) is 18.4. The normalized spacial score (nSPS) is 21.5. The van der Waals surface area contributed by atoms with Crippen molar-refractivity contribution in [3.8, 4) is 0 Å². The van der Waals surface area contributed by atoms with E-state index in [2.05, 4.69) is 50.3 Å². The first-order valence-electron chi connectivity index (χ1n) is 26.3. The summed E-state index contributed by atoms with van der Waals surface area (Å²) in [6, 6.07) is 0. The molecule has 0 aromatic carbocycles. The molecule has 1 fully saturated rings. The first-order chi connectivity index (χ1) is 31.9. The van der Waals surface area contributed by atoms with Crippen molar-refractivity contribution in [1.82, 2.24) is 0 Å². The molecule has 14 heteroatoms. The molecule has 1 aliphatic rings. The largest absolute Gasteiger partial charge is 0.472 e. The Morgan fingerprint density at radius 1 is 0.470 bits per heavy atom. The minimum Gasteiger partial charge on any atom is -0.462 e. The Hall–Kier alpha value is -1.93. The molecular formula is C52H95O13P. The fourth-order valence-corrected chi connectivity index (χ4v) is 8.97. The quantitative estimate of drug-likeness (QED) is 0.0145. The summed E-state index contributed by atoms with van der Waals surface area (Å²) < 4.78 is 33.6. The monoisotopic (exact) mass is 959 g/mol. The molecule has 0 heterocycles. The fraction of sp³-hybridized carbons (Fsp3) is 0.846. The molecular weight excluding hydrogens is 864 g/mol. The summed E-state index contributed by atoms with van der Waals surface area (Å²) in [6.07, 6.45) is 36.3. The van der Waals surface area contributed by atoms with Crippen molar-refractivity contribution < 1.29 is 63.1 Å². The lowest BCUT2D eigenvalue weighted by molar-refractivity contribution is -0.220. The lowest BCUT2D eigenvalue weighted by atomic mass is 9.85. The zero-order valence-electron chi connectivity index (χ0n) is 41.2. The molecule has 0 bridgehead atoms. The zero-order chi connectivity index (χ0) is 48.5. The highest BCUT2D eigenvalue weighted by Crippen LogP contribution is 2.47. The Morgan fingerprint density at radius 2 is 0.818 bits per heavy atom. The Labute approximate surface area is 399 Å². The number of hydrogen-bond acceptors (Lipinski definition) is 12. The van der Waals surface area contributed by atoms with Gasteiger partial charge in [0.1, 0.15) is 43.2 Å². The average molecular weight is 959 g/mol. The third-order valence-electron chi connectivity index (χ3n) is 12.2. The first-order valence-corrected chi connectivity index (χ1v) is 27.8. The number of aliphatic hydroxyl groups is 5. The summed E-state index contributed by atoms with van der Waals surface area (Å²) in [6.45, 7) is 3.27. The maximum atomic E-state index is 12.8. The lowest BCUT2D eigenvalue weighted by Crippen LogP contribution is -2.64. The summed E-state index contributed by atoms with van der Waals surface area (Å²) in [5.41, 5.74) is 0. The first kappa shape index (κ1) is 62.1. The van der Waals surface area contributed by atoms with Gasteiger partial charge < -0.3 is 39.9 Å². The third-order valence-corrected chi connectivity index (χ3v) is 13.2. The predicted molar refractivity (Wildman–Crippen MR) is 263 cm³/mol. The van der Waals surface area contributed by atoms with Crippen molar-refractivity contribution in [2.75, 3.05) is 13.2 Å². The Balaban J connectivity index is 2.38. The van der Waals surface area contributed by atoms with Crippen LogP contribution in [0, 0.1) is 0 Å². The lowest BCUT2D eigenvalue weighted by Gasteiger charge is -2.41.